The van der Waals surface area contributed by atoms with E-state index in [1.807, 2.05) is 0 Å². The highest BCUT2D eigenvalue weighted by molar-refractivity contribution is 5.04. The van der Waals surface area contributed by atoms with Crippen LogP contribution in [0.1, 0.15) is 18.2 Å². The summed E-state index contributed by atoms with van der Waals surface area (Å²) in [7, 11) is 0. The molecule has 0 radical (unpaired) electrons. The molecule has 76 valence electrons. The summed E-state index contributed by atoms with van der Waals surface area (Å²) >= 11 is 0. The predicted molar refractivity (Wildman–Crippen MR) is 51.0 cm³/mol. The molecule has 2 atom stereocenters. The Morgan fingerprint density at radius 1 is 1.57 bits per heavy atom. The van der Waals surface area contributed by atoms with E-state index in [1.54, 1.807) is 18.6 Å². The van der Waals surface area contributed by atoms with Crippen molar-refractivity contribution < 1.29 is 4.74 Å². The fraction of sp³-hybridized carbons (Fsp3) is 0.556. The minimum atomic E-state index is 0.0474. The Bertz CT molecular complexity index is 273. The molecule has 1 fully saturated rings. The number of hydrazine groups is 1. The van der Waals surface area contributed by atoms with E-state index in [0.29, 0.717) is 5.92 Å². The quantitative estimate of drug-likeness (QED) is 0.524. The van der Waals surface area contributed by atoms with Gasteiger partial charge in [0.05, 0.1) is 24.5 Å². The smallest absolute Gasteiger partial charge is 0.0773 e. The van der Waals surface area contributed by atoms with E-state index in [2.05, 4.69) is 15.4 Å². The first-order valence-corrected chi connectivity index (χ1v) is 4.71. The Kier molecular flexibility index (Phi) is 3.03. The van der Waals surface area contributed by atoms with Crippen LogP contribution in [-0.4, -0.2) is 23.2 Å². The molecule has 0 spiro atoms. The zero-order valence-corrected chi connectivity index (χ0v) is 7.89. The van der Waals surface area contributed by atoms with Gasteiger partial charge in [-0.3, -0.25) is 21.2 Å². The average molecular weight is 194 g/mol. The average Bonchev–Trinajstić information content (AvgIpc) is 2.74. The number of rotatable bonds is 3. The molecule has 0 aromatic carbocycles. The lowest BCUT2D eigenvalue weighted by Gasteiger charge is -2.20. The van der Waals surface area contributed by atoms with Crippen LogP contribution >= 0.6 is 0 Å². The van der Waals surface area contributed by atoms with Crippen LogP contribution in [0.15, 0.2) is 18.6 Å². The maximum Gasteiger partial charge on any atom is 0.0773 e. The summed E-state index contributed by atoms with van der Waals surface area (Å²) < 4.78 is 5.32. The molecule has 14 heavy (non-hydrogen) atoms. The highest BCUT2D eigenvalue weighted by Crippen LogP contribution is 2.26. The molecule has 1 aromatic heterocycles. The molecule has 3 N–H and O–H groups in total. The molecule has 2 heterocycles. The van der Waals surface area contributed by atoms with E-state index >= 15 is 0 Å². The molecule has 1 saturated heterocycles. The molecule has 1 aromatic rings. The van der Waals surface area contributed by atoms with E-state index < -0.39 is 0 Å². The Morgan fingerprint density at radius 2 is 2.50 bits per heavy atom. The number of hydrogen-bond acceptors (Lipinski definition) is 5. The van der Waals surface area contributed by atoms with Crippen molar-refractivity contribution in [3.05, 3.63) is 24.3 Å². The number of nitrogens with zero attached hydrogens (tertiary/aromatic N) is 2. The minimum absolute atomic E-state index is 0.0474. The second kappa shape index (κ2) is 4.45. The molecule has 2 unspecified atom stereocenters. The Labute approximate surface area is 82.7 Å². The van der Waals surface area contributed by atoms with Crippen molar-refractivity contribution in [1.29, 1.82) is 0 Å². The van der Waals surface area contributed by atoms with Gasteiger partial charge in [0.15, 0.2) is 0 Å². The zero-order chi connectivity index (χ0) is 9.80. The summed E-state index contributed by atoms with van der Waals surface area (Å²) in [5, 5.41) is 0. The Morgan fingerprint density at radius 3 is 3.07 bits per heavy atom. The molecule has 0 bridgehead atoms. The van der Waals surface area contributed by atoms with Gasteiger partial charge in [-0.1, -0.05) is 0 Å². The van der Waals surface area contributed by atoms with Crippen LogP contribution in [0.2, 0.25) is 0 Å². The summed E-state index contributed by atoms with van der Waals surface area (Å²) in [6.07, 6.45) is 6.09. The van der Waals surface area contributed by atoms with E-state index in [4.69, 9.17) is 10.6 Å². The first-order chi connectivity index (χ1) is 6.92. The van der Waals surface area contributed by atoms with E-state index in [9.17, 15) is 0 Å². The third kappa shape index (κ3) is 1.89. The predicted octanol–water partition coefficient (Wildman–Crippen LogP) is 0.0175. The molecule has 5 heteroatoms. The van der Waals surface area contributed by atoms with Crippen LogP contribution in [0.3, 0.4) is 0 Å². The second-order valence-electron chi connectivity index (χ2n) is 3.40. The lowest BCUT2D eigenvalue weighted by Crippen LogP contribution is -2.34. The normalized spacial score (nSPS) is 23.6. The molecule has 0 amide bonds. The number of hydrogen-bond donors (Lipinski definition) is 2. The van der Waals surface area contributed by atoms with Crippen LogP contribution in [0.4, 0.5) is 0 Å². The molecular formula is C9H14N4O. The monoisotopic (exact) mass is 194 g/mol. The summed E-state index contributed by atoms with van der Waals surface area (Å²) in [6, 6.07) is 0.0474. The summed E-state index contributed by atoms with van der Waals surface area (Å²) in [4.78, 5) is 8.26. The minimum Gasteiger partial charge on any atom is -0.381 e. The maximum atomic E-state index is 5.51. The van der Waals surface area contributed by atoms with Crippen molar-refractivity contribution in [2.75, 3.05) is 13.2 Å². The van der Waals surface area contributed by atoms with E-state index in [1.165, 1.54) is 0 Å². The van der Waals surface area contributed by atoms with Gasteiger partial charge in [-0.05, 0) is 6.42 Å². The van der Waals surface area contributed by atoms with Crippen LogP contribution in [-0.2, 0) is 4.74 Å². The van der Waals surface area contributed by atoms with Crippen molar-refractivity contribution in [2.24, 2.45) is 11.8 Å². The van der Waals surface area contributed by atoms with Crippen molar-refractivity contribution in [3.63, 3.8) is 0 Å². The van der Waals surface area contributed by atoms with Gasteiger partial charge in [0.1, 0.15) is 0 Å². The van der Waals surface area contributed by atoms with Crippen LogP contribution < -0.4 is 11.3 Å². The number of aromatic nitrogens is 2. The standard InChI is InChI=1S/C9H14N4O/c10-13-9(7-1-4-14-6-7)8-5-11-2-3-12-8/h2-3,5,7,9,13H,1,4,6,10H2. The highest BCUT2D eigenvalue weighted by Gasteiger charge is 2.27. The topological polar surface area (TPSA) is 73.1 Å². The fourth-order valence-electron chi connectivity index (χ4n) is 1.75. The van der Waals surface area contributed by atoms with Gasteiger partial charge in [0.2, 0.25) is 0 Å². The lowest BCUT2D eigenvalue weighted by atomic mass is 9.97. The van der Waals surface area contributed by atoms with Gasteiger partial charge in [0, 0.05) is 24.9 Å². The van der Waals surface area contributed by atoms with Gasteiger partial charge in [-0.2, -0.15) is 0 Å². The lowest BCUT2D eigenvalue weighted by molar-refractivity contribution is 0.176. The third-order valence-corrected chi connectivity index (χ3v) is 2.52. The zero-order valence-electron chi connectivity index (χ0n) is 7.89. The molecule has 0 aliphatic carbocycles. The van der Waals surface area contributed by atoms with Crippen LogP contribution in [0.5, 0.6) is 0 Å². The van der Waals surface area contributed by atoms with Crippen LogP contribution in [0.25, 0.3) is 0 Å². The van der Waals surface area contributed by atoms with Gasteiger partial charge in [-0.25, -0.2) is 0 Å². The Hall–Kier alpha value is -1.04. The largest absolute Gasteiger partial charge is 0.381 e. The summed E-state index contributed by atoms with van der Waals surface area (Å²) in [6.45, 7) is 1.55. The highest BCUT2D eigenvalue weighted by atomic mass is 16.5. The van der Waals surface area contributed by atoms with Crippen molar-refractivity contribution in [3.8, 4) is 0 Å². The first kappa shape index (κ1) is 9.51. The molecule has 1 aliphatic heterocycles. The number of nitrogens with two attached hydrogens (primary N) is 1. The molecule has 5 nitrogen and oxygen atoms in total. The molecule has 0 saturated carbocycles. The van der Waals surface area contributed by atoms with Crippen LogP contribution in [0, 0.1) is 5.92 Å². The van der Waals surface area contributed by atoms with Crippen molar-refractivity contribution in [1.82, 2.24) is 15.4 Å². The van der Waals surface area contributed by atoms with Crippen molar-refractivity contribution in [2.45, 2.75) is 12.5 Å². The van der Waals surface area contributed by atoms with Gasteiger partial charge < -0.3 is 4.74 Å². The van der Waals surface area contributed by atoms with E-state index in [-0.39, 0.29) is 6.04 Å². The van der Waals surface area contributed by atoms with Gasteiger partial charge in [-0.15, -0.1) is 0 Å². The first-order valence-electron chi connectivity index (χ1n) is 4.71. The Balaban J connectivity index is 2.12. The number of ether oxygens (including phenoxy) is 1. The second-order valence-corrected chi connectivity index (χ2v) is 3.40. The summed E-state index contributed by atoms with van der Waals surface area (Å²) in [5.74, 6) is 5.91. The fourth-order valence-corrected chi connectivity index (χ4v) is 1.75. The molecule has 1 aliphatic rings. The van der Waals surface area contributed by atoms with Crippen molar-refractivity contribution >= 4 is 0 Å². The van der Waals surface area contributed by atoms with E-state index in [0.717, 1.165) is 25.3 Å². The third-order valence-electron chi connectivity index (χ3n) is 2.52. The van der Waals surface area contributed by atoms with Gasteiger partial charge in [0.25, 0.3) is 0 Å². The SMILES string of the molecule is NNC(c1cnccn1)C1CCOC1. The van der Waals surface area contributed by atoms with Gasteiger partial charge >= 0.3 is 0 Å². The molecule has 2 rings (SSSR count). The maximum absolute atomic E-state index is 5.51. The summed E-state index contributed by atoms with van der Waals surface area (Å²) in [5.41, 5.74) is 3.66. The molecular weight excluding hydrogens is 180 g/mol. The number of nitrogens with one attached hydrogen (secondary N) is 1.